The maximum atomic E-state index is 11.9. The van der Waals surface area contributed by atoms with E-state index in [1.54, 1.807) is 12.1 Å². The predicted molar refractivity (Wildman–Crippen MR) is 68.7 cm³/mol. The Kier molecular flexibility index (Phi) is 3.23. The van der Waals surface area contributed by atoms with Gasteiger partial charge in [0.05, 0.1) is 11.4 Å². The van der Waals surface area contributed by atoms with Gasteiger partial charge >= 0.3 is 0 Å². The summed E-state index contributed by atoms with van der Waals surface area (Å²) in [7, 11) is 0. The number of carbonyl (C=O) groups excluding carboxylic acids is 1. The Labute approximate surface area is 104 Å². The van der Waals surface area contributed by atoms with Gasteiger partial charge in [0.1, 0.15) is 5.69 Å². The molecule has 2 aromatic rings. The Morgan fingerprint density at radius 1 is 1.22 bits per heavy atom. The van der Waals surface area contributed by atoms with Crippen molar-refractivity contribution in [3.05, 3.63) is 57.8 Å². The molecular weight excluding hydrogens is 230 g/mol. The van der Waals surface area contributed by atoms with Crippen molar-refractivity contribution in [2.24, 2.45) is 0 Å². The van der Waals surface area contributed by atoms with Crippen LogP contribution in [0.5, 0.6) is 0 Å². The minimum atomic E-state index is -0.360. The average Bonchev–Trinajstić information content (AvgIpc) is 2.32. The lowest BCUT2D eigenvalue weighted by atomic mass is 10.2. The van der Waals surface area contributed by atoms with Gasteiger partial charge in [0.25, 0.3) is 5.91 Å². The molecule has 0 fully saturated rings. The lowest BCUT2D eigenvalue weighted by molar-refractivity contribution is 0.102. The van der Waals surface area contributed by atoms with E-state index in [1.807, 2.05) is 19.9 Å². The average molecular weight is 243 g/mol. The number of aryl methyl sites for hydroxylation is 2. The highest BCUT2D eigenvalue weighted by Gasteiger charge is 2.08. The maximum Gasteiger partial charge on any atom is 0.272 e. The predicted octanol–water partition coefficient (Wildman–Crippen LogP) is 1.64. The first-order chi connectivity index (χ1) is 8.56. The van der Waals surface area contributed by atoms with Crippen LogP contribution in [0.3, 0.4) is 0 Å². The van der Waals surface area contributed by atoms with E-state index in [0.29, 0.717) is 5.69 Å². The third-order valence-electron chi connectivity index (χ3n) is 2.49. The van der Waals surface area contributed by atoms with Gasteiger partial charge in [-0.15, -0.1) is 0 Å². The van der Waals surface area contributed by atoms with Gasteiger partial charge in [-0.05, 0) is 32.0 Å². The lowest BCUT2D eigenvalue weighted by Gasteiger charge is -2.08. The zero-order chi connectivity index (χ0) is 13.1. The van der Waals surface area contributed by atoms with E-state index in [0.717, 1.165) is 11.4 Å². The van der Waals surface area contributed by atoms with Crippen LogP contribution in [0.2, 0.25) is 0 Å². The molecule has 18 heavy (non-hydrogen) atoms. The normalized spacial score (nSPS) is 10.1. The molecule has 0 aromatic carbocycles. The topological polar surface area (TPSA) is 74.8 Å². The number of nitrogens with one attached hydrogen (secondary N) is 2. The second-order valence-corrected chi connectivity index (χ2v) is 3.97. The number of H-pyrrole nitrogens is 1. The van der Waals surface area contributed by atoms with Crippen LogP contribution in [0, 0.1) is 13.8 Å². The fraction of sp³-hybridized carbons (Fsp3) is 0.154. The van der Waals surface area contributed by atoms with Crippen LogP contribution in [0.25, 0.3) is 0 Å². The standard InChI is InChI=1S/C13H13N3O2/c1-8-6-7-10(9(2)14-8)16-13(18)11-4-3-5-12(17)15-11/h3-7H,1-2H3,(H,15,17)(H,16,18). The minimum absolute atomic E-state index is 0.225. The van der Waals surface area contributed by atoms with Crippen molar-refractivity contribution < 1.29 is 4.79 Å². The number of aromatic amines is 1. The molecule has 2 N–H and O–H groups in total. The third-order valence-corrected chi connectivity index (χ3v) is 2.49. The summed E-state index contributed by atoms with van der Waals surface area (Å²) in [5.74, 6) is -0.360. The molecule has 2 rings (SSSR count). The van der Waals surface area contributed by atoms with Crippen molar-refractivity contribution in [2.45, 2.75) is 13.8 Å². The molecule has 5 heteroatoms. The Bertz CT molecular complexity index is 647. The molecule has 0 radical (unpaired) electrons. The summed E-state index contributed by atoms with van der Waals surface area (Å²) in [6, 6.07) is 8.05. The summed E-state index contributed by atoms with van der Waals surface area (Å²) in [6.45, 7) is 3.70. The van der Waals surface area contributed by atoms with Crippen molar-refractivity contribution >= 4 is 11.6 Å². The highest BCUT2D eigenvalue weighted by molar-refractivity contribution is 6.03. The molecule has 2 heterocycles. The maximum absolute atomic E-state index is 11.9. The molecular formula is C13H13N3O2. The van der Waals surface area contributed by atoms with E-state index in [9.17, 15) is 9.59 Å². The second-order valence-electron chi connectivity index (χ2n) is 3.97. The van der Waals surface area contributed by atoms with Crippen LogP contribution < -0.4 is 10.9 Å². The number of hydrogen-bond acceptors (Lipinski definition) is 3. The first kappa shape index (κ1) is 12.0. The van der Waals surface area contributed by atoms with Crippen LogP contribution >= 0.6 is 0 Å². The first-order valence-electron chi connectivity index (χ1n) is 5.51. The van der Waals surface area contributed by atoms with Gasteiger partial charge in [-0.3, -0.25) is 14.6 Å². The third kappa shape index (κ3) is 2.63. The van der Waals surface area contributed by atoms with E-state index in [2.05, 4.69) is 15.3 Å². The van der Waals surface area contributed by atoms with Crippen LogP contribution in [-0.2, 0) is 0 Å². The number of hydrogen-bond donors (Lipinski definition) is 2. The summed E-state index contributed by atoms with van der Waals surface area (Å²) < 4.78 is 0. The Morgan fingerprint density at radius 2 is 2.00 bits per heavy atom. The zero-order valence-electron chi connectivity index (χ0n) is 10.2. The summed E-state index contributed by atoms with van der Waals surface area (Å²) in [5.41, 5.74) is 2.18. The molecule has 0 spiro atoms. The number of anilines is 1. The first-order valence-corrected chi connectivity index (χ1v) is 5.51. The van der Waals surface area contributed by atoms with Gasteiger partial charge < -0.3 is 10.3 Å². The lowest BCUT2D eigenvalue weighted by Crippen LogP contribution is -2.18. The van der Waals surface area contributed by atoms with E-state index in [1.165, 1.54) is 12.1 Å². The number of pyridine rings is 2. The van der Waals surface area contributed by atoms with Crippen molar-refractivity contribution in [1.82, 2.24) is 9.97 Å². The van der Waals surface area contributed by atoms with Crippen molar-refractivity contribution in [3.63, 3.8) is 0 Å². The number of nitrogens with zero attached hydrogens (tertiary/aromatic N) is 1. The van der Waals surface area contributed by atoms with Gasteiger partial charge in [0.15, 0.2) is 0 Å². The molecule has 1 amide bonds. The summed E-state index contributed by atoms with van der Waals surface area (Å²) >= 11 is 0. The van der Waals surface area contributed by atoms with Crippen molar-refractivity contribution in [2.75, 3.05) is 5.32 Å². The van der Waals surface area contributed by atoms with Gasteiger partial charge in [-0.1, -0.05) is 6.07 Å². The van der Waals surface area contributed by atoms with E-state index in [4.69, 9.17) is 0 Å². The minimum Gasteiger partial charge on any atom is -0.319 e. The van der Waals surface area contributed by atoms with E-state index in [-0.39, 0.29) is 17.2 Å². The number of amides is 1. The molecule has 0 saturated carbocycles. The van der Waals surface area contributed by atoms with Gasteiger partial charge in [-0.25, -0.2) is 0 Å². The van der Waals surface area contributed by atoms with Crippen LogP contribution in [0.15, 0.2) is 35.1 Å². The van der Waals surface area contributed by atoms with E-state index < -0.39 is 0 Å². The molecule has 5 nitrogen and oxygen atoms in total. The number of carbonyl (C=O) groups is 1. The largest absolute Gasteiger partial charge is 0.319 e. The Morgan fingerprint density at radius 3 is 2.67 bits per heavy atom. The quantitative estimate of drug-likeness (QED) is 0.842. The summed E-state index contributed by atoms with van der Waals surface area (Å²) in [4.78, 5) is 29.7. The number of rotatable bonds is 2. The van der Waals surface area contributed by atoms with Crippen LogP contribution in [0.4, 0.5) is 5.69 Å². The highest BCUT2D eigenvalue weighted by Crippen LogP contribution is 2.13. The fourth-order valence-corrected chi connectivity index (χ4v) is 1.59. The van der Waals surface area contributed by atoms with Gasteiger partial charge in [-0.2, -0.15) is 0 Å². The second kappa shape index (κ2) is 4.83. The van der Waals surface area contributed by atoms with Crippen molar-refractivity contribution in [1.29, 1.82) is 0 Å². The van der Waals surface area contributed by atoms with Gasteiger partial charge in [0.2, 0.25) is 5.56 Å². The molecule has 0 aliphatic rings. The fourth-order valence-electron chi connectivity index (χ4n) is 1.59. The van der Waals surface area contributed by atoms with Crippen LogP contribution in [0.1, 0.15) is 21.9 Å². The molecule has 0 unspecified atom stereocenters. The molecule has 0 aliphatic heterocycles. The Hall–Kier alpha value is -2.43. The van der Waals surface area contributed by atoms with Crippen LogP contribution in [-0.4, -0.2) is 15.9 Å². The zero-order valence-corrected chi connectivity index (χ0v) is 10.2. The molecule has 92 valence electrons. The molecule has 0 aliphatic carbocycles. The van der Waals surface area contributed by atoms with E-state index >= 15 is 0 Å². The smallest absolute Gasteiger partial charge is 0.272 e. The highest BCUT2D eigenvalue weighted by atomic mass is 16.2. The SMILES string of the molecule is Cc1ccc(NC(=O)c2cccc(=O)[nH]2)c(C)n1. The van der Waals surface area contributed by atoms with Gasteiger partial charge in [0, 0.05) is 11.8 Å². The Balaban J connectivity index is 2.24. The molecule has 0 atom stereocenters. The molecule has 0 bridgehead atoms. The summed E-state index contributed by atoms with van der Waals surface area (Å²) in [5, 5.41) is 2.71. The molecule has 2 aromatic heterocycles. The number of aromatic nitrogens is 2. The molecule has 0 saturated heterocycles. The monoisotopic (exact) mass is 243 g/mol. The van der Waals surface area contributed by atoms with Crippen molar-refractivity contribution in [3.8, 4) is 0 Å². The summed E-state index contributed by atoms with van der Waals surface area (Å²) in [6.07, 6.45) is 0.